The molecule has 0 radical (unpaired) electrons. The lowest BCUT2D eigenvalue weighted by atomic mass is 10.0. The molecule has 1 fully saturated rings. The molecule has 1 heterocycles. The van der Waals surface area contributed by atoms with Crippen LogP contribution in [0.25, 0.3) is 0 Å². The van der Waals surface area contributed by atoms with Gasteiger partial charge in [0.1, 0.15) is 0 Å². The zero-order valence-corrected chi connectivity index (χ0v) is 19.7. The van der Waals surface area contributed by atoms with Gasteiger partial charge in [-0.3, -0.25) is 4.90 Å². The molecule has 0 saturated carbocycles. The zero-order chi connectivity index (χ0) is 22.6. The van der Waals surface area contributed by atoms with Crippen molar-refractivity contribution >= 4 is 10.0 Å². The maximum Gasteiger partial charge on any atom is 0.243 e. The highest BCUT2D eigenvalue weighted by Gasteiger charge is 2.29. The van der Waals surface area contributed by atoms with E-state index in [4.69, 9.17) is 14.2 Å². The van der Waals surface area contributed by atoms with Crippen LogP contribution in [0, 0.1) is 0 Å². The number of sulfonamides is 1. The minimum atomic E-state index is -3.49. The Bertz CT molecular complexity index is 982. The Morgan fingerprint density at radius 2 is 1.45 bits per heavy atom. The first-order chi connectivity index (χ1) is 14.8. The van der Waals surface area contributed by atoms with Gasteiger partial charge in [0.15, 0.2) is 11.5 Å². The molecule has 0 aromatic heterocycles. The Kier molecular flexibility index (Phi) is 7.46. The number of piperazine rings is 1. The van der Waals surface area contributed by atoms with Crippen molar-refractivity contribution in [3.05, 3.63) is 47.5 Å². The molecule has 31 heavy (non-hydrogen) atoms. The molecule has 0 aliphatic carbocycles. The molecule has 1 aliphatic rings. The Morgan fingerprint density at radius 3 is 1.97 bits per heavy atom. The van der Waals surface area contributed by atoms with E-state index in [1.807, 2.05) is 24.3 Å². The number of hydrogen-bond acceptors (Lipinski definition) is 6. The van der Waals surface area contributed by atoms with Gasteiger partial charge in [-0.05, 0) is 29.7 Å². The Morgan fingerprint density at radius 1 is 0.839 bits per heavy atom. The summed E-state index contributed by atoms with van der Waals surface area (Å²) in [6, 6.07) is 11.0. The lowest BCUT2D eigenvalue weighted by Crippen LogP contribution is -2.48. The number of benzene rings is 2. The van der Waals surface area contributed by atoms with E-state index in [1.165, 1.54) is 0 Å². The molecule has 0 N–H and O–H groups in total. The van der Waals surface area contributed by atoms with Crippen molar-refractivity contribution in [2.75, 3.05) is 47.5 Å². The fourth-order valence-electron chi connectivity index (χ4n) is 3.83. The SMILES string of the molecule is COc1ccc(CN2CCN(S(=O)(=O)c3ccc(C(C)C)cc3)CC2)c(OC)c1OC. The van der Waals surface area contributed by atoms with Gasteiger partial charge in [-0.1, -0.05) is 32.0 Å². The summed E-state index contributed by atoms with van der Waals surface area (Å²) in [4.78, 5) is 2.57. The van der Waals surface area contributed by atoms with E-state index in [0.29, 0.717) is 60.8 Å². The Labute approximate surface area is 185 Å². The molecular weight excluding hydrogens is 416 g/mol. The first kappa shape index (κ1) is 23.4. The van der Waals surface area contributed by atoms with Gasteiger partial charge in [0.2, 0.25) is 15.8 Å². The second kappa shape index (κ2) is 9.89. The summed E-state index contributed by atoms with van der Waals surface area (Å²) in [6.45, 7) is 7.00. The van der Waals surface area contributed by atoms with Crippen molar-refractivity contribution in [1.82, 2.24) is 9.21 Å². The van der Waals surface area contributed by atoms with Crippen LogP contribution >= 0.6 is 0 Å². The molecule has 0 spiro atoms. The predicted octanol–water partition coefficient (Wildman–Crippen LogP) is 3.34. The molecule has 0 bridgehead atoms. The summed E-state index contributed by atoms with van der Waals surface area (Å²) in [5.41, 5.74) is 2.10. The molecule has 1 saturated heterocycles. The summed E-state index contributed by atoms with van der Waals surface area (Å²) in [7, 11) is 1.29. The van der Waals surface area contributed by atoms with Gasteiger partial charge < -0.3 is 14.2 Å². The first-order valence-corrected chi connectivity index (χ1v) is 11.9. The van der Waals surface area contributed by atoms with E-state index in [1.54, 1.807) is 37.8 Å². The van der Waals surface area contributed by atoms with E-state index < -0.39 is 10.0 Å². The predicted molar refractivity (Wildman–Crippen MR) is 121 cm³/mol. The molecule has 0 atom stereocenters. The molecule has 3 rings (SSSR count). The lowest BCUT2D eigenvalue weighted by Gasteiger charge is -2.34. The molecule has 0 amide bonds. The van der Waals surface area contributed by atoms with E-state index in [2.05, 4.69) is 18.7 Å². The van der Waals surface area contributed by atoms with Gasteiger partial charge in [0, 0.05) is 38.3 Å². The highest BCUT2D eigenvalue weighted by Crippen LogP contribution is 2.40. The molecule has 170 valence electrons. The molecular formula is C23H32N2O5S. The van der Waals surface area contributed by atoms with E-state index in [0.717, 1.165) is 11.1 Å². The highest BCUT2D eigenvalue weighted by molar-refractivity contribution is 7.89. The normalized spacial score (nSPS) is 15.8. The van der Waals surface area contributed by atoms with Crippen LogP contribution in [0.3, 0.4) is 0 Å². The largest absolute Gasteiger partial charge is 0.493 e. The fourth-order valence-corrected chi connectivity index (χ4v) is 5.25. The van der Waals surface area contributed by atoms with Gasteiger partial charge in [-0.25, -0.2) is 8.42 Å². The molecule has 7 nitrogen and oxygen atoms in total. The topological polar surface area (TPSA) is 68.3 Å². The van der Waals surface area contributed by atoms with Crippen molar-refractivity contribution in [2.24, 2.45) is 0 Å². The van der Waals surface area contributed by atoms with Gasteiger partial charge in [-0.2, -0.15) is 4.31 Å². The number of rotatable bonds is 8. The quantitative estimate of drug-likeness (QED) is 0.617. The number of nitrogens with zero attached hydrogens (tertiary/aromatic N) is 2. The second-order valence-electron chi connectivity index (χ2n) is 7.90. The maximum atomic E-state index is 13.0. The highest BCUT2D eigenvalue weighted by atomic mass is 32.2. The summed E-state index contributed by atoms with van der Waals surface area (Å²) in [6.07, 6.45) is 0. The molecule has 2 aromatic carbocycles. The second-order valence-corrected chi connectivity index (χ2v) is 9.84. The number of ether oxygens (including phenoxy) is 3. The van der Waals surface area contributed by atoms with Crippen molar-refractivity contribution in [2.45, 2.75) is 31.2 Å². The lowest BCUT2D eigenvalue weighted by molar-refractivity contribution is 0.179. The van der Waals surface area contributed by atoms with Crippen molar-refractivity contribution in [1.29, 1.82) is 0 Å². The molecule has 8 heteroatoms. The Hall–Kier alpha value is -2.29. The smallest absolute Gasteiger partial charge is 0.243 e. The maximum absolute atomic E-state index is 13.0. The van der Waals surface area contributed by atoms with E-state index >= 15 is 0 Å². The van der Waals surface area contributed by atoms with E-state index in [9.17, 15) is 8.42 Å². The summed E-state index contributed by atoms with van der Waals surface area (Å²) in [5.74, 6) is 2.19. The van der Waals surface area contributed by atoms with E-state index in [-0.39, 0.29) is 0 Å². The summed E-state index contributed by atoms with van der Waals surface area (Å²) in [5, 5.41) is 0. The number of hydrogen-bond donors (Lipinski definition) is 0. The third-order valence-corrected chi connectivity index (χ3v) is 7.61. The average molecular weight is 449 g/mol. The average Bonchev–Trinajstić information content (AvgIpc) is 2.79. The summed E-state index contributed by atoms with van der Waals surface area (Å²) < 4.78 is 44.0. The fraction of sp³-hybridized carbons (Fsp3) is 0.478. The molecule has 1 aliphatic heterocycles. The monoisotopic (exact) mass is 448 g/mol. The van der Waals surface area contributed by atoms with Crippen molar-refractivity contribution in [3.8, 4) is 17.2 Å². The minimum Gasteiger partial charge on any atom is -0.493 e. The molecule has 0 unspecified atom stereocenters. The van der Waals surface area contributed by atoms with Crippen LogP contribution in [0.2, 0.25) is 0 Å². The van der Waals surface area contributed by atoms with Gasteiger partial charge in [-0.15, -0.1) is 0 Å². The van der Waals surface area contributed by atoms with Crippen molar-refractivity contribution in [3.63, 3.8) is 0 Å². The van der Waals surface area contributed by atoms with Crippen LogP contribution in [-0.4, -0.2) is 65.1 Å². The minimum absolute atomic E-state index is 0.354. The van der Waals surface area contributed by atoms with Crippen LogP contribution in [0.4, 0.5) is 0 Å². The van der Waals surface area contributed by atoms with Crippen LogP contribution in [0.15, 0.2) is 41.3 Å². The number of methoxy groups -OCH3 is 3. The van der Waals surface area contributed by atoms with Crippen LogP contribution < -0.4 is 14.2 Å². The zero-order valence-electron chi connectivity index (χ0n) is 18.9. The van der Waals surface area contributed by atoms with Gasteiger partial charge in [0.25, 0.3) is 0 Å². The van der Waals surface area contributed by atoms with Crippen LogP contribution in [0.1, 0.15) is 30.9 Å². The van der Waals surface area contributed by atoms with Gasteiger partial charge in [0.05, 0.1) is 26.2 Å². The van der Waals surface area contributed by atoms with Gasteiger partial charge >= 0.3 is 0 Å². The third kappa shape index (κ3) is 4.97. The summed E-state index contributed by atoms with van der Waals surface area (Å²) >= 11 is 0. The van der Waals surface area contributed by atoms with Crippen LogP contribution in [-0.2, 0) is 16.6 Å². The third-order valence-electron chi connectivity index (χ3n) is 5.70. The first-order valence-electron chi connectivity index (χ1n) is 10.4. The Balaban J connectivity index is 1.68. The van der Waals surface area contributed by atoms with Crippen molar-refractivity contribution < 1.29 is 22.6 Å². The standard InChI is InChI=1S/C23H32N2O5S/c1-17(2)18-6-9-20(10-7-18)31(26,27)25-14-12-24(13-15-25)16-19-8-11-21(28-3)23(30-5)22(19)29-4/h6-11,17H,12-16H2,1-5H3. The van der Waals surface area contributed by atoms with Crippen LogP contribution in [0.5, 0.6) is 17.2 Å². The molecule has 2 aromatic rings.